The van der Waals surface area contributed by atoms with Crippen molar-refractivity contribution in [2.45, 2.75) is 0 Å². The summed E-state index contributed by atoms with van der Waals surface area (Å²) < 4.78 is 75.1. The van der Waals surface area contributed by atoms with Gasteiger partial charge in [0.05, 0.1) is 32.3 Å². The fourth-order valence-electron chi connectivity index (χ4n) is 6.40. The van der Waals surface area contributed by atoms with Crippen molar-refractivity contribution in [2.75, 3.05) is 0 Å². The Kier molecular flexibility index (Phi) is 7.41. The van der Waals surface area contributed by atoms with Crippen LogP contribution in [0, 0.1) is 49.3 Å². The molecular weight excluding hydrogens is 687 g/mol. The second kappa shape index (κ2) is 12.0. The Bertz CT molecular complexity index is 2810. The van der Waals surface area contributed by atoms with Crippen molar-refractivity contribution in [3.63, 3.8) is 0 Å². The number of non-ortho nitro benzene ring substituents is 2. The van der Waals surface area contributed by atoms with Crippen LogP contribution in [-0.2, 0) is 0 Å². The Morgan fingerprint density at radius 3 is 1.38 bits per heavy atom. The quantitative estimate of drug-likeness (QED) is 0.0536. The molecule has 0 saturated carbocycles. The maximum Gasteiger partial charge on any atom is 0.270 e. The van der Waals surface area contributed by atoms with E-state index >= 15 is 8.78 Å². The van der Waals surface area contributed by atoms with Crippen molar-refractivity contribution in [3.8, 4) is 33.4 Å². The van der Waals surface area contributed by atoms with Crippen molar-refractivity contribution in [2.24, 2.45) is 0 Å². The van der Waals surface area contributed by atoms with E-state index in [2.05, 4.69) is 15.0 Å². The number of nitro benzene ring substituents is 2. The van der Waals surface area contributed by atoms with Crippen LogP contribution in [0.2, 0.25) is 0 Å². The minimum atomic E-state index is -2.33. The zero-order valence-electron chi connectivity index (χ0n) is 26.1. The number of benzene rings is 3. The maximum atomic E-state index is 15.7. The van der Waals surface area contributed by atoms with Crippen molar-refractivity contribution >= 4 is 56.6 Å². The van der Waals surface area contributed by atoms with E-state index in [1.807, 2.05) is 0 Å². The van der Waals surface area contributed by atoms with Gasteiger partial charge in [0.15, 0.2) is 23.3 Å². The summed E-state index contributed by atoms with van der Waals surface area (Å²) >= 11 is 0. The highest BCUT2D eigenvalue weighted by Crippen LogP contribution is 2.39. The van der Waals surface area contributed by atoms with E-state index in [0.717, 1.165) is 0 Å². The van der Waals surface area contributed by atoms with Gasteiger partial charge in [-0.3, -0.25) is 20.2 Å². The van der Waals surface area contributed by atoms with Crippen LogP contribution in [0.1, 0.15) is 11.4 Å². The zero-order valence-corrected chi connectivity index (χ0v) is 26.1. The van der Waals surface area contributed by atoms with E-state index in [1.165, 1.54) is 60.7 Å². The van der Waals surface area contributed by atoms with Crippen LogP contribution < -0.4 is 0 Å². The molecule has 0 atom stereocenters. The predicted molar refractivity (Wildman–Crippen MR) is 185 cm³/mol. The summed E-state index contributed by atoms with van der Waals surface area (Å²) in [6.07, 6.45) is 3.36. The Hall–Kier alpha value is -7.16. The molecule has 0 aliphatic carbocycles. The first kappa shape index (κ1) is 32.1. The third-order valence-electron chi connectivity index (χ3n) is 8.73. The van der Waals surface area contributed by atoms with Gasteiger partial charge in [-0.2, -0.15) is 0 Å². The minimum Gasteiger partial charge on any atom is -0.354 e. The van der Waals surface area contributed by atoms with Gasteiger partial charge in [-0.1, -0.05) is 24.3 Å². The van der Waals surface area contributed by atoms with Crippen LogP contribution >= 0.6 is 0 Å². The van der Waals surface area contributed by atoms with Gasteiger partial charge in [0.25, 0.3) is 11.4 Å². The third-order valence-corrected chi connectivity index (χ3v) is 8.73. The van der Waals surface area contributed by atoms with E-state index in [-0.39, 0.29) is 33.4 Å². The van der Waals surface area contributed by atoms with Crippen molar-refractivity contribution < 1.29 is 31.8 Å². The SMILES string of the molecule is O=[N+]([O-])c1cccc(-c2c3nc(c4ccc([nH]4)c(-c4cccc([N+](=O)[O-])c4)c4ccc([nH]4)c(-c4c(F)c(F)c(F)c(F)c4F)c4ccc2[nH]4)C=C3)c1. The molecule has 0 radical (unpaired) electrons. The Morgan fingerprint density at radius 2 is 0.865 bits per heavy atom. The molecule has 8 rings (SSSR count). The smallest absolute Gasteiger partial charge is 0.270 e. The normalized spacial score (nSPS) is 11.8. The highest BCUT2D eigenvalue weighted by Gasteiger charge is 2.29. The third kappa shape index (κ3) is 5.14. The van der Waals surface area contributed by atoms with Crippen LogP contribution in [0.5, 0.6) is 0 Å². The average molecular weight is 707 g/mol. The topological polar surface area (TPSA) is 147 Å². The molecule has 10 nitrogen and oxygen atoms in total. The monoisotopic (exact) mass is 706 g/mol. The summed E-state index contributed by atoms with van der Waals surface area (Å²) in [7, 11) is 0. The Labute approximate surface area is 287 Å². The number of hydrogen-bond donors (Lipinski definition) is 3. The standard InChI is InChI=1S/C37H19F5N6O4/c38-33-32(34(39)36(41)37(42)35(33)40)31-27-13-11-25(45-27)29(17-3-1-5-19(15-17)47(49)50)23-9-7-21(43-23)22-8-10-24(44-22)30(26-12-14-28(31)46-26)18-4-2-6-20(16-18)48(51)52/h1-16,43,45-46H. The highest BCUT2D eigenvalue weighted by atomic mass is 19.2. The molecule has 0 spiro atoms. The fraction of sp³-hybridized carbons (Fsp3) is 0. The van der Waals surface area contributed by atoms with E-state index < -0.39 is 50.1 Å². The lowest BCUT2D eigenvalue weighted by atomic mass is 10.0. The number of aromatic amines is 3. The lowest BCUT2D eigenvalue weighted by molar-refractivity contribution is -0.385. The highest BCUT2D eigenvalue weighted by molar-refractivity contribution is 6.00. The second-order valence-corrected chi connectivity index (χ2v) is 11.8. The average Bonchev–Trinajstić information content (AvgIpc) is 3.98. The molecule has 0 unspecified atom stereocenters. The number of halogens is 5. The van der Waals surface area contributed by atoms with E-state index in [4.69, 9.17) is 4.98 Å². The number of nitrogens with zero attached hydrogens (tertiary/aromatic N) is 3. The van der Waals surface area contributed by atoms with Crippen LogP contribution in [0.15, 0.2) is 84.9 Å². The molecule has 3 aromatic carbocycles. The predicted octanol–water partition coefficient (Wildman–Crippen LogP) is 10.2. The minimum absolute atomic E-state index is 0.0822. The molecule has 7 aromatic rings. The number of fused-ring (bicyclic) bond motifs is 9. The zero-order chi connectivity index (χ0) is 36.4. The summed E-state index contributed by atoms with van der Waals surface area (Å²) in [5, 5.41) is 23.4. The van der Waals surface area contributed by atoms with Gasteiger partial charge in [-0.05, 0) is 59.7 Å². The number of rotatable bonds is 5. The molecule has 3 N–H and O–H groups in total. The lowest BCUT2D eigenvalue weighted by Gasteiger charge is -2.09. The van der Waals surface area contributed by atoms with Gasteiger partial charge >= 0.3 is 0 Å². The van der Waals surface area contributed by atoms with Gasteiger partial charge in [0.1, 0.15) is 0 Å². The Balaban J connectivity index is 1.59. The first-order valence-corrected chi connectivity index (χ1v) is 15.4. The molecule has 0 fully saturated rings. The van der Waals surface area contributed by atoms with Crippen molar-refractivity contribution in [1.29, 1.82) is 0 Å². The number of nitrogens with one attached hydrogen (secondary N) is 3. The fourth-order valence-corrected chi connectivity index (χ4v) is 6.40. The van der Waals surface area contributed by atoms with E-state index in [1.54, 1.807) is 36.4 Å². The van der Waals surface area contributed by atoms with Crippen LogP contribution in [0.3, 0.4) is 0 Å². The largest absolute Gasteiger partial charge is 0.354 e. The van der Waals surface area contributed by atoms with E-state index in [9.17, 15) is 33.4 Å². The molecule has 8 bridgehead atoms. The molecule has 0 amide bonds. The van der Waals surface area contributed by atoms with Gasteiger partial charge in [0.2, 0.25) is 5.82 Å². The van der Waals surface area contributed by atoms with E-state index in [0.29, 0.717) is 44.7 Å². The maximum absolute atomic E-state index is 15.7. The number of aromatic nitrogens is 4. The van der Waals surface area contributed by atoms with Gasteiger partial charge in [-0.25, -0.2) is 26.9 Å². The van der Waals surface area contributed by atoms with Gasteiger partial charge in [-0.15, -0.1) is 0 Å². The number of hydrogen-bond acceptors (Lipinski definition) is 5. The molecule has 5 heterocycles. The molecule has 1 aliphatic rings. The molecular formula is C37H19F5N6O4. The number of H-pyrrole nitrogens is 3. The Morgan fingerprint density at radius 1 is 0.462 bits per heavy atom. The molecule has 52 heavy (non-hydrogen) atoms. The first-order chi connectivity index (χ1) is 25.0. The summed E-state index contributed by atoms with van der Waals surface area (Å²) in [5.41, 5.74) is 1.38. The van der Waals surface area contributed by atoms with Crippen LogP contribution in [-0.4, -0.2) is 29.8 Å². The summed E-state index contributed by atoms with van der Waals surface area (Å²) in [6, 6.07) is 20.6. The van der Waals surface area contributed by atoms with Crippen LogP contribution in [0.25, 0.3) is 78.6 Å². The second-order valence-electron chi connectivity index (χ2n) is 11.8. The lowest BCUT2D eigenvalue weighted by Crippen LogP contribution is -2.04. The summed E-state index contributed by atoms with van der Waals surface area (Å²) in [6.45, 7) is 0. The molecule has 256 valence electrons. The van der Waals surface area contributed by atoms with Gasteiger partial charge in [0, 0.05) is 68.5 Å². The molecule has 4 aromatic heterocycles. The van der Waals surface area contributed by atoms with Crippen molar-refractivity contribution in [1.82, 2.24) is 19.9 Å². The summed E-state index contributed by atoms with van der Waals surface area (Å²) in [5.74, 6) is -10.8. The van der Waals surface area contributed by atoms with Gasteiger partial charge < -0.3 is 15.0 Å². The molecule has 15 heteroatoms. The first-order valence-electron chi connectivity index (χ1n) is 15.4. The summed E-state index contributed by atoms with van der Waals surface area (Å²) in [4.78, 5) is 36.4. The molecule has 1 aliphatic heterocycles. The molecule has 0 saturated heterocycles. The van der Waals surface area contributed by atoms with Crippen molar-refractivity contribution in [3.05, 3.63) is 146 Å². The van der Waals surface area contributed by atoms with Crippen LogP contribution in [0.4, 0.5) is 33.3 Å². The number of nitro groups is 2.